The van der Waals surface area contributed by atoms with Gasteiger partial charge in [-0.15, -0.1) is 0 Å². The number of hydrogen-bond acceptors (Lipinski definition) is 7. The molecular formula is C21H25Cl2N5O4. The number of rotatable bonds is 7. The van der Waals surface area contributed by atoms with Crippen LogP contribution < -0.4 is 16.0 Å². The molecule has 32 heavy (non-hydrogen) atoms. The fourth-order valence-corrected chi connectivity index (χ4v) is 4.16. The second-order valence-electron chi connectivity index (χ2n) is 7.49. The van der Waals surface area contributed by atoms with Gasteiger partial charge in [0.05, 0.1) is 4.92 Å². The van der Waals surface area contributed by atoms with Gasteiger partial charge in [-0.25, -0.2) is 0 Å². The van der Waals surface area contributed by atoms with Gasteiger partial charge >= 0.3 is 0 Å². The topological polar surface area (TPSA) is 125 Å². The first-order chi connectivity index (χ1) is 15.3. The Hall–Kier alpha value is -2.43. The summed E-state index contributed by atoms with van der Waals surface area (Å²) in [7, 11) is 0. The third-order valence-corrected chi connectivity index (χ3v) is 5.96. The molecule has 0 aliphatic carbocycles. The summed E-state index contributed by atoms with van der Waals surface area (Å²) in [6, 6.07) is 9.62. The third-order valence-electron chi connectivity index (χ3n) is 5.37. The average Bonchev–Trinajstić information content (AvgIpc) is 3.01. The van der Waals surface area contributed by atoms with Crippen molar-refractivity contribution in [3.63, 3.8) is 0 Å². The highest BCUT2D eigenvalue weighted by Gasteiger charge is 2.25. The highest BCUT2D eigenvalue weighted by Crippen LogP contribution is 2.30. The highest BCUT2D eigenvalue weighted by molar-refractivity contribution is 6.35. The van der Waals surface area contributed by atoms with Crippen molar-refractivity contribution in [2.45, 2.75) is 19.2 Å². The van der Waals surface area contributed by atoms with Gasteiger partial charge in [-0.2, -0.15) is 0 Å². The molecule has 2 aromatic rings. The molecule has 1 aliphatic rings. The Morgan fingerprint density at radius 3 is 2.66 bits per heavy atom. The van der Waals surface area contributed by atoms with E-state index in [-0.39, 0.29) is 11.3 Å². The first-order valence-electron chi connectivity index (χ1n) is 10.2. The van der Waals surface area contributed by atoms with Crippen molar-refractivity contribution in [1.82, 2.24) is 10.2 Å². The monoisotopic (exact) mass is 481 g/mol. The Balaban J connectivity index is 1.68. The van der Waals surface area contributed by atoms with Crippen LogP contribution in [0.2, 0.25) is 10.0 Å². The van der Waals surface area contributed by atoms with Crippen molar-refractivity contribution in [3.05, 3.63) is 67.7 Å². The molecule has 1 heterocycles. The van der Waals surface area contributed by atoms with E-state index < -0.39 is 17.2 Å². The van der Waals surface area contributed by atoms with E-state index in [0.717, 1.165) is 5.56 Å². The van der Waals surface area contributed by atoms with Gasteiger partial charge in [0.1, 0.15) is 5.69 Å². The second-order valence-corrected chi connectivity index (χ2v) is 8.34. The maximum Gasteiger partial charge on any atom is 0.293 e. The maximum absolute atomic E-state index is 12.6. The number of benzene rings is 2. The van der Waals surface area contributed by atoms with Crippen LogP contribution in [-0.4, -0.2) is 59.9 Å². The average molecular weight is 482 g/mol. The number of nitrogens with two attached hydrogens (primary N) is 1. The van der Waals surface area contributed by atoms with Crippen LogP contribution in [0.3, 0.4) is 0 Å². The smallest absolute Gasteiger partial charge is 0.293 e. The Morgan fingerprint density at radius 2 is 1.97 bits per heavy atom. The van der Waals surface area contributed by atoms with Crippen LogP contribution in [0, 0.1) is 10.1 Å². The number of aliphatic hydroxyl groups is 1. The van der Waals surface area contributed by atoms with Gasteiger partial charge < -0.3 is 15.3 Å². The first-order valence-corrected chi connectivity index (χ1v) is 10.9. The van der Waals surface area contributed by atoms with Crippen LogP contribution in [0.25, 0.3) is 0 Å². The Bertz CT molecular complexity index is 989. The van der Waals surface area contributed by atoms with Crippen LogP contribution in [0.5, 0.6) is 0 Å². The summed E-state index contributed by atoms with van der Waals surface area (Å²) in [5.41, 5.74) is 6.89. The lowest BCUT2D eigenvalue weighted by molar-refractivity contribution is -0.384. The number of aliphatic hydroxyl groups excluding tert-OH is 1. The lowest BCUT2D eigenvalue weighted by atomic mass is 10.1. The summed E-state index contributed by atoms with van der Waals surface area (Å²) in [6.45, 7) is 2.45. The molecule has 2 aromatic carbocycles. The molecule has 1 amide bonds. The van der Waals surface area contributed by atoms with Crippen LogP contribution in [-0.2, 0) is 6.42 Å². The summed E-state index contributed by atoms with van der Waals surface area (Å²) >= 11 is 12.0. The number of amides is 1. The zero-order valence-corrected chi connectivity index (χ0v) is 18.8. The first kappa shape index (κ1) is 24.2. The zero-order chi connectivity index (χ0) is 23.3. The van der Waals surface area contributed by atoms with Gasteiger partial charge in [-0.1, -0.05) is 29.3 Å². The molecule has 11 heteroatoms. The maximum atomic E-state index is 12.6. The highest BCUT2D eigenvalue weighted by atomic mass is 35.5. The number of nitrogens with one attached hydrogen (secondary N) is 1. The van der Waals surface area contributed by atoms with Crippen molar-refractivity contribution in [3.8, 4) is 0 Å². The van der Waals surface area contributed by atoms with E-state index in [1.165, 1.54) is 6.07 Å². The number of nitro benzene ring substituents is 1. The molecule has 3 rings (SSSR count). The molecule has 9 nitrogen and oxygen atoms in total. The molecule has 0 aromatic heterocycles. The Labute approximate surface area is 195 Å². The fraction of sp³-hybridized carbons (Fsp3) is 0.381. The van der Waals surface area contributed by atoms with Crippen molar-refractivity contribution in [2.75, 3.05) is 37.6 Å². The van der Waals surface area contributed by atoms with E-state index >= 15 is 0 Å². The van der Waals surface area contributed by atoms with Crippen LogP contribution in [0.15, 0.2) is 36.4 Å². The number of halogens is 2. The summed E-state index contributed by atoms with van der Waals surface area (Å²) in [4.78, 5) is 27.4. The SMILES string of the molecule is NC(O)N1CCCN(c2ccc(C(=O)NCCc3ccc(Cl)cc3Cl)cc2[N+](=O)[O-])CC1. The number of nitro groups is 1. The fourth-order valence-electron chi connectivity index (χ4n) is 3.66. The van der Waals surface area contributed by atoms with Gasteiger partial charge in [0.2, 0.25) is 0 Å². The third kappa shape index (κ3) is 6.08. The summed E-state index contributed by atoms with van der Waals surface area (Å²) in [5.74, 6) is -0.405. The minimum atomic E-state index is -1.06. The van der Waals surface area contributed by atoms with Crippen molar-refractivity contribution in [2.24, 2.45) is 5.73 Å². The molecule has 4 N–H and O–H groups in total. The zero-order valence-electron chi connectivity index (χ0n) is 17.3. The van der Waals surface area contributed by atoms with Crippen molar-refractivity contribution >= 4 is 40.5 Å². The van der Waals surface area contributed by atoms with E-state index in [2.05, 4.69) is 5.32 Å². The molecule has 0 bridgehead atoms. The van der Waals surface area contributed by atoms with E-state index in [1.807, 2.05) is 4.90 Å². The predicted octanol–water partition coefficient (Wildman–Crippen LogP) is 2.62. The number of nitrogens with zero attached hydrogens (tertiary/aromatic N) is 3. The standard InChI is InChI=1S/C21H25Cl2N5O4/c22-16-4-2-14(17(23)13-16)6-7-25-20(29)15-3-5-18(19(12-15)28(31)32)26-8-1-9-27(11-10-26)21(24)30/h2-5,12-13,21,30H,1,6-11,24H2,(H,25,29). The lowest BCUT2D eigenvalue weighted by Gasteiger charge is -2.24. The summed E-state index contributed by atoms with van der Waals surface area (Å²) in [6.07, 6.45) is 0.138. The lowest BCUT2D eigenvalue weighted by Crippen LogP contribution is -2.43. The van der Waals surface area contributed by atoms with Crippen molar-refractivity contribution < 1.29 is 14.8 Å². The van der Waals surface area contributed by atoms with Crippen molar-refractivity contribution in [1.29, 1.82) is 0 Å². The molecule has 1 aliphatic heterocycles. The largest absolute Gasteiger partial charge is 0.365 e. The van der Waals surface area contributed by atoms with Gasteiger partial charge in [-0.05, 0) is 42.7 Å². The van der Waals surface area contributed by atoms with Gasteiger partial charge in [0.15, 0.2) is 6.35 Å². The van der Waals surface area contributed by atoms with Gasteiger partial charge in [0.25, 0.3) is 11.6 Å². The normalized spacial score (nSPS) is 15.8. The summed E-state index contributed by atoms with van der Waals surface area (Å²) < 4.78 is 0. The number of anilines is 1. The Morgan fingerprint density at radius 1 is 1.19 bits per heavy atom. The van der Waals surface area contributed by atoms with Crippen LogP contribution in [0.4, 0.5) is 11.4 Å². The van der Waals surface area contributed by atoms with E-state index in [0.29, 0.717) is 61.3 Å². The quantitative estimate of drug-likeness (QED) is 0.315. The number of hydrogen-bond donors (Lipinski definition) is 3. The molecule has 1 fully saturated rings. The van der Waals surface area contributed by atoms with E-state index in [9.17, 15) is 20.0 Å². The van der Waals surface area contributed by atoms with Crippen LogP contribution in [0.1, 0.15) is 22.3 Å². The van der Waals surface area contributed by atoms with E-state index in [4.69, 9.17) is 28.9 Å². The minimum absolute atomic E-state index is 0.139. The van der Waals surface area contributed by atoms with E-state index in [1.54, 1.807) is 35.2 Å². The molecule has 0 saturated carbocycles. The molecule has 0 radical (unpaired) electrons. The predicted molar refractivity (Wildman–Crippen MR) is 124 cm³/mol. The molecule has 0 spiro atoms. The molecule has 172 valence electrons. The minimum Gasteiger partial charge on any atom is -0.365 e. The second kappa shape index (κ2) is 10.9. The molecule has 1 saturated heterocycles. The molecular weight excluding hydrogens is 457 g/mol. The Kier molecular flexibility index (Phi) is 8.27. The summed E-state index contributed by atoms with van der Waals surface area (Å²) in [5, 5.41) is 25.1. The van der Waals surface area contributed by atoms with Gasteiger partial charge in [-0.3, -0.25) is 25.5 Å². The number of carbonyl (C=O) groups is 1. The van der Waals surface area contributed by atoms with Crippen LogP contribution >= 0.6 is 23.2 Å². The molecule has 1 unspecified atom stereocenters. The number of carbonyl (C=O) groups excluding carboxylic acids is 1. The van der Waals surface area contributed by atoms with Gasteiger partial charge in [0, 0.05) is 54.4 Å². The molecule has 1 atom stereocenters.